The van der Waals surface area contributed by atoms with Crippen molar-refractivity contribution in [2.24, 2.45) is 0 Å². The lowest BCUT2D eigenvalue weighted by Gasteiger charge is -2.19. The van der Waals surface area contributed by atoms with Crippen molar-refractivity contribution < 1.29 is 9.13 Å². The van der Waals surface area contributed by atoms with Crippen LogP contribution in [0.25, 0.3) is 16.7 Å². The minimum absolute atomic E-state index is 0.0284. The van der Waals surface area contributed by atoms with E-state index in [9.17, 15) is 9.18 Å². The van der Waals surface area contributed by atoms with Crippen LogP contribution in [0.5, 0.6) is 5.88 Å². The number of methoxy groups -OCH3 is 1. The topological polar surface area (TPSA) is 56.1 Å². The first-order valence-electron chi connectivity index (χ1n) is 8.94. The number of allylic oxidation sites excluding steroid dienone is 6. The van der Waals surface area contributed by atoms with Crippen molar-refractivity contribution in [3.05, 3.63) is 87.3 Å². The zero-order valence-corrected chi connectivity index (χ0v) is 17.1. The second kappa shape index (κ2) is 8.05. The van der Waals surface area contributed by atoms with Crippen LogP contribution in [0.2, 0.25) is 0 Å². The molecule has 4 rings (SSSR count). The molecule has 0 spiro atoms. The van der Waals surface area contributed by atoms with Gasteiger partial charge in [-0.2, -0.15) is 9.37 Å². The molecule has 0 radical (unpaired) electrons. The summed E-state index contributed by atoms with van der Waals surface area (Å²) in [7, 11) is 1.34. The highest BCUT2D eigenvalue weighted by Crippen LogP contribution is 2.33. The quantitative estimate of drug-likeness (QED) is 0.573. The summed E-state index contributed by atoms with van der Waals surface area (Å²) in [6.45, 7) is 0. The molecule has 0 saturated carbocycles. The van der Waals surface area contributed by atoms with E-state index in [4.69, 9.17) is 4.74 Å². The number of hydrogen-bond donors (Lipinski definition) is 1. The number of para-hydroxylation sites is 1. The maximum atomic E-state index is 14.6. The van der Waals surface area contributed by atoms with E-state index >= 15 is 0 Å². The van der Waals surface area contributed by atoms with Gasteiger partial charge in [-0.1, -0.05) is 42.5 Å². The Kier molecular flexibility index (Phi) is 5.31. The minimum atomic E-state index is -0.709. The standard InChI is InChI=1S/C22H17BrFN3O2/c1-29-22-20(24)19(23)18-16(28)13-17(25-14-9-5-4-6-10-14)27(21(18)26-22)15-11-7-2-3-8-12-15/h2-7,9-13,25H,8H2,1H3. The Morgan fingerprint density at radius 2 is 2.03 bits per heavy atom. The smallest absolute Gasteiger partial charge is 0.253 e. The Morgan fingerprint density at radius 3 is 2.79 bits per heavy atom. The van der Waals surface area contributed by atoms with E-state index in [0.717, 1.165) is 11.4 Å². The van der Waals surface area contributed by atoms with E-state index in [1.54, 1.807) is 4.57 Å². The summed E-state index contributed by atoms with van der Waals surface area (Å²) in [5.41, 5.74) is 1.54. The Hall–Kier alpha value is -3.19. The molecule has 1 aliphatic carbocycles. The first-order valence-corrected chi connectivity index (χ1v) is 9.74. The van der Waals surface area contributed by atoms with Crippen molar-refractivity contribution in [3.8, 4) is 5.88 Å². The number of hydrogen-bond acceptors (Lipinski definition) is 4. The van der Waals surface area contributed by atoms with E-state index < -0.39 is 5.82 Å². The van der Waals surface area contributed by atoms with Gasteiger partial charge in [0.05, 0.1) is 17.0 Å². The van der Waals surface area contributed by atoms with Crippen molar-refractivity contribution >= 4 is 44.2 Å². The molecule has 2 heterocycles. The molecule has 0 fully saturated rings. The van der Waals surface area contributed by atoms with Gasteiger partial charge in [-0.05, 0) is 40.6 Å². The average Bonchev–Trinajstić information content (AvgIpc) is 3.00. The highest BCUT2D eigenvalue weighted by Gasteiger charge is 2.21. The predicted octanol–water partition coefficient (Wildman–Crippen LogP) is 5.41. The zero-order valence-electron chi connectivity index (χ0n) is 15.5. The van der Waals surface area contributed by atoms with Crippen molar-refractivity contribution in [1.29, 1.82) is 0 Å². The van der Waals surface area contributed by atoms with Gasteiger partial charge in [-0.25, -0.2) is 0 Å². The van der Waals surface area contributed by atoms with Crippen molar-refractivity contribution in [2.45, 2.75) is 6.42 Å². The fraction of sp³-hybridized carbons (Fsp3) is 0.0909. The van der Waals surface area contributed by atoms with Crippen LogP contribution < -0.4 is 15.5 Å². The van der Waals surface area contributed by atoms with Gasteiger partial charge in [0.15, 0.2) is 16.9 Å². The number of pyridine rings is 2. The van der Waals surface area contributed by atoms with Gasteiger partial charge < -0.3 is 10.1 Å². The fourth-order valence-electron chi connectivity index (χ4n) is 3.15. The lowest BCUT2D eigenvalue weighted by molar-refractivity contribution is 0.369. The number of benzene rings is 1. The summed E-state index contributed by atoms with van der Waals surface area (Å²) in [4.78, 5) is 17.2. The number of ether oxygens (including phenoxy) is 1. The fourth-order valence-corrected chi connectivity index (χ4v) is 3.69. The van der Waals surface area contributed by atoms with Crippen LogP contribution in [0.3, 0.4) is 0 Å². The molecule has 1 aliphatic rings. The molecule has 3 aromatic rings. The molecule has 1 aromatic carbocycles. The molecule has 7 heteroatoms. The zero-order chi connectivity index (χ0) is 20.4. The summed E-state index contributed by atoms with van der Waals surface area (Å²) in [6, 6.07) is 10.9. The van der Waals surface area contributed by atoms with Gasteiger partial charge in [0.2, 0.25) is 0 Å². The molecular weight excluding hydrogens is 437 g/mol. The number of aromatic nitrogens is 2. The lowest BCUT2D eigenvalue weighted by atomic mass is 10.2. The first kappa shape index (κ1) is 19.1. The number of nitrogens with zero attached hydrogens (tertiary/aromatic N) is 2. The molecule has 0 bridgehead atoms. The normalized spacial score (nSPS) is 13.3. The Bertz CT molecular complexity index is 1230. The summed E-state index contributed by atoms with van der Waals surface area (Å²) in [5, 5.41) is 3.42. The van der Waals surface area contributed by atoms with Crippen molar-refractivity contribution in [1.82, 2.24) is 9.55 Å². The molecule has 0 saturated heterocycles. The largest absolute Gasteiger partial charge is 0.479 e. The molecule has 146 valence electrons. The third-order valence-corrected chi connectivity index (χ3v) is 5.22. The summed E-state index contributed by atoms with van der Waals surface area (Å²) in [6.07, 6.45) is 10.5. The highest BCUT2D eigenvalue weighted by atomic mass is 79.9. The van der Waals surface area contributed by atoms with Crippen LogP contribution >= 0.6 is 15.9 Å². The predicted molar refractivity (Wildman–Crippen MR) is 117 cm³/mol. The third kappa shape index (κ3) is 3.61. The lowest BCUT2D eigenvalue weighted by Crippen LogP contribution is -2.15. The molecule has 0 unspecified atom stereocenters. The monoisotopic (exact) mass is 453 g/mol. The van der Waals surface area contributed by atoms with Crippen molar-refractivity contribution in [2.75, 3.05) is 12.4 Å². The third-order valence-electron chi connectivity index (χ3n) is 4.47. The second-order valence-corrected chi connectivity index (χ2v) is 7.11. The number of halogens is 2. The van der Waals surface area contributed by atoms with Gasteiger partial charge in [0.25, 0.3) is 5.88 Å². The SMILES string of the molecule is COc1nc2c(c(Br)c1F)c(=O)cc(Nc1ccccc1)n2C1=CCC=CC=C1. The number of anilines is 2. The van der Waals surface area contributed by atoms with E-state index in [-0.39, 0.29) is 21.2 Å². The van der Waals surface area contributed by atoms with E-state index in [1.165, 1.54) is 13.2 Å². The molecule has 0 aliphatic heterocycles. The molecule has 2 aromatic heterocycles. The molecular formula is C22H17BrFN3O2. The van der Waals surface area contributed by atoms with Gasteiger partial charge in [-0.15, -0.1) is 0 Å². The van der Waals surface area contributed by atoms with Gasteiger partial charge in [0, 0.05) is 17.5 Å². The van der Waals surface area contributed by atoms with Crippen molar-refractivity contribution in [3.63, 3.8) is 0 Å². The molecule has 0 atom stereocenters. The van der Waals surface area contributed by atoms with Crippen LogP contribution in [-0.4, -0.2) is 16.7 Å². The van der Waals surface area contributed by atoms with E-state index in [0.29, 0.717) is 17.9 Å². The molecule has 0 amide bonds. The number of rotatable bonds is 4. The van der Waals surface area contributed by atoms with Gasteiger partial charge in [0.1, 0.15) is 5.82 Å². The van der Waals surface area contributed by atoms with E-state index in [1.807, 2.05) is 60.7 Å². The maximum Gasteiger partial charge on any atom is 0.253 e. The molecule has 5 nitrogen and oxygen atoms in total. The highest BCUT2D eigenvalue weighted by molar-refractivity contribution is 9.10. The molecule has 1 N–H and O–H groups in total. The second-order valence-electron chi connectivity index (χ2n) is 6.32. The van der Waals surface area contributed by atoms with Gasteiger partial charge in [-0.3, -0.25) is 9.36 Å². The van der Waals surface area contributed by atoms with Crippen LogP contribution in [0.15, 0.2) is 76.0 Å². The van der Waals surface area contributed by atoms with Crippen LogP contribution in [0.4, 0.5) is 15.9 Å². The Labute approximate surface area is 175 Å². The Balaban J connectivity index is 2.06. The summed E-state index contributed by atoms with van der Waals surface area (Å²) in [5.74, 6) is -0.384. The number of nitrogens with one attached hydrogen (secondary N) is 1. The first-order chi connectivity index (χ1) is 14.1. The Morgan fingerprint density at radius 1 is 1.24 bits per heavy atom. The maximum absolute atomic E-state index is 14.6. The van der Waals surface area contributed by atoms with Crippen LogP contribution in [0, 0.1) is 5.82 Å². The summed E-state index contributed by atoms with van der Waals surface area (Å²) >= 11 is 3.21. The average molecular weight is 454 g/mol. The van der Waals surface area contributed by atoms with Crippen LogP contribution in [-0.2, 0) is 0 Å². The minimum Gasteiger partial charge on any atom is -0.479 e. The number of fused-ring (bicyclic) bond motifs is 1. The van der Waals surface area contributed by atoms with Gasteiger partial charge >= 0.3 is 0 Å². The summed E-state index contributed by atoms with van der Waals surface area (Å²) < 4.78 is 21.5. The van der Waals surface area contributed by atoms with Crippen LogP contribution in [0.1, 0.15) is 6.42 Å². The molecule has 29 heavy (non-hydrogen) atoms. The van der Waals surface area contributed by atoms with E-state index in [2.05, 4.69) is 26.2 Å².